The molecule has 0 bridgehead atoms. The van der Waals surface area contributed by atoms with Crippen LogP contribution >= 0.6 is 0 Å². The zero-order valence-corrected chi connectivity index (χ0v) is 13.0. The number of piperidine rings is 1. The van der Waals surface area contributed by atoms with Gasteiger partial charge in [-0.15, -0.1) is 0 Å². The summed E-state index contributed by atoms with van der Waals surface area (Å²) >= 11 is 0. The SMILES string of the molecule is CC1(c2[nH]ncc2C(N)=O)CCCN(C(=O)Cn2cccn2)C1. The highest BCUT2D eigenvalue weighted by molar-refractivity contribution is 5.94. The van der Waals surface area contributed by atoms with Crippen LogP contribution in [0, 0.1) is 0 Å². The fraction of sp³-hybridized carbons (Fsp3) is 0.467. The van der Waals surface area contributed by atoms with Gasteiger partial charge in [-0.2, -0.15) is 10.2 Å². The Bertz CT molecular complexity index is 707. The van der Waals surface area contributed by atoms with Crippen LogP contribution in [-0.2, 0) is 16.8 Å². The van der Waals surface area contributed by atoms with Crippen molar-refractivity contribution in [3.8, 4) is 0 Å². The first-order valence-corrected chi connectivity index (χ1v) is 7.58. The molecule has 1 fully saturated rings. The number of H-pyrrole nitrogens is 1. The normalized spacial score (nSPS) is 21.3. The third-order valence-electron chi connectivity index (χ3n) is 4.41. The molecule has 0 spiro atoms. The van der Waals surface area contributed by atoms with E-state index in [0.717, 1.165) is 12.8 Å². The number of rotatable bonds is 4. The van der Waals surface area contributed by atoms with E-state index in [2.05, 4.69) is 15.3 Å². The number of hydrogen-bond acceptors (Lipinski definition) is 4. The first-order valence-electron chi connectivity index (χ1n) is 7.58. The summed E-state index contributed by atoms with van der Waals surface area (Å²) in [5.74, 6) is -0.491. The molecule has 0 aromatic carbocycles. The number of carbonyl (C=O) groups excluding carboxylic acids is 2. The van der Waals surface area contributed by atoms with Crippen molar-refractivity contribution in [2.75, 3.05) is 13.1 Å². The molecule has 8 heteroatoms. The Morgan fingerprint density at radius 1 is 1.48 bits per heavy atom. The molecule has 1 saturated heterocycles. The molecular weight excluding hydrogens is 296 g/mol. The number of nitrogens with two attached hydrogens (primary N) is 1. The van der Waals surface area contributed by atoms with E-state index in [-0.39, 0.29) is 17.9 Å². The van der Waals surface area contributed by atoms with Gasteiger partial charge in [-0.05, 0) is 18.9 Å². The second-order valence-electron chi connectivity index (χ2n) is 6.21. The fourth-order valence-corrected chi connectivity index (χ4v) is 3.22. The summed E-state index contributed by atoms with van der Waals surface area (Å²) in [5, 5.41) is 10.9. The lowest BCUT2D eigenvalue weighted by molar-refractivity contribution is -0.134. The quantitative estimate of drug-likeness (QED) is 0.844. The first kappa shape index (κ1) is 15.3. The maximum absolute atomic E-state index is 12.5. The summed E-state index contributed by atoms with van der Waals surface area (Å²) < 4.78 is 1.61. The molecule has 1 atom stereocenters. The maximum atomic E-state index is 12.5. The molecule has 1 aliphatic heterocycles. The van der Waals surface area contributed by atoms with E-state index in [1.807, 2.05) is 11.8 Å². The Morgan fingerprint density at radius 2 is 2.30 bits per heavy atom. The number of amides is 2. The predicted molar refractivity (Wildman–Crippen MR) is 82.5 cm³/mol. The topological polar surface area (TPSA) is 110 Å². The number of nitrogens with one attached hydrogen (secondary N) is 1. The van der Waals surface area contributed by atoms with Crippen molar-refractivity contribution in [3.63, 3.8) is 0 Å². The molecule has 3 N–H and O–H groups in total. The molecule has 1 aliphatic rings. The lowest BCUT2D eigenvalue weighted by Crippen LogP contribution is -2.48. The van der Waals surface area contributed by atoms with Crippen LogP contribution in [0.5, 0.6) is 0 Å². The maximum Gasteiger partial charge on any atom is 0.252 e. The second kappa shape index (κ2) is 5.86. The minimum atomic E-state index is -0.505. The monoisotopic (exact) mass is 316 g/mol. The standard InChI is InChI=1S/C15H20N6O2/c1-15(13-11(14(16)23)8-17-19-13)4-2-6-20(10-15)12(22)9-21-7-3-5-18-21/h3,5,7-8H,2,4,6,9-10H2,1H3,(H2,16,23)(H,17,19). The fourth-order valence-electron chi connectivity index (χ4n) is 3.22. The van der Waals surface area contributed by atoms with Gasteiger partial charge in [-0.1, -0.05) is 6.92 Å². The summed E-state index contributed by atoms with van der Waals surface area (Å²) in [4.78, 5) is 25.9. The number of hydrogen-bond donors (Lipinski definition) is 2. The number of primary amides is 1. The smallest absolute Gasteiger partial charge is 0.252 e. The molecule has 1 unspecified atom stereocenters. The Labute approximate surface area is 133 Å². The Kier molecular flexibility index (Phi) is 3.89. The van der Waals surface area contributed by atoms with Crippen LogP contribution < -0.4 is 5.73 Å². The van der Waals surface area contributed by atoms with E-state index in [1.54, 1.807) is 23.1 Å². The van der Waals surface area contributed by atoms with Gasteiger partial charge in [-0.25, -0.2) is 0 Å². The van der Waals surface area contributed by atoms with E-state index < -0.39 is 5.91 Å². The van der Waals surface area contributed by atoms with Crippen LogP contribution in [0.4, 0.5) is 0 Å². The summed E-state index contributed by atoms with van der Waals surface area (Å²) in [6, 6.07) is 1.79. The molecule has 2 aromatic heterocycles. The van der Waals surface area contributed by atoms with Crippen LogP contribution in [-0.4, -0.2) is 49.8 Å². The lowest BCUT2D eigenvalue weighted by atomic mass is 9.77. The molecule has 2 amide bonds. The van der Waals surface area contributed by atoms with Gasteiger partial charge in [0.15, 0.2) is 0 Å². The lowest BCUT2D eigenvalue weighted by Gasteiger charge is -2.40. The van der Waals surface area contributed by atoms with Crippen LogP contribution in [0.3, 0.4) is 0 Å². The van der Waals surface area contributed by atoms with Crippen LogP contribution in [0.2, 0.25) is 0 Å². The molecular formula is C15H20N6O2. The highest BCUT2D eigenvalue weighted by Gasteiger charge is 2.38. The summed E-state index contributed by atoms with van der Waals surface area (Å²) in [6.07, 6.45) is 6.59. The number of nitrogens with zero attached hydrogens (tertiary/aromatic N) is 4. The molecule has 8 nitrogen and oxygen atoms in total. The highest BCUT2D eigenvalue weighted by Crippen LogP contribution is 2.34. The Morgan fingerprint density at radius 3 is 3.00 bits per heavy atom. The van der Waals surface area contributed by atoms with Crippen molar-refractivity contribution in [3.05, 3.63) is 35.9 Å². The van der Waals surface area contributed by atoms with Crippen molar-refractivity contribution in [1.82, 2.24) is 24.9 Å². The van der Waals surface area contributed by atoms with E-state index >= 15 is 0 Å². The van der Waals surface area contributed by atoms with Gasteiger partial charge >= 0.3 is 0 Å². The third-order valence-corrected chi connectivity index (χ3v) is 4.41. The highest BCUT2D eigenvalue weighted by atomic mass is 16.2. The van der Waals surface area contributed by atoms with E-state index in [9.17, 15) is 9.59 Å². The van der Waals surface area contributed by atoms with Gasteiger partial charge < -0.3 is 10.6 Å². The van der Waals surface area contributed by atoms with Crippen LogP contribution in [0.1, 0.15) is 35.8 Å². The molecule has 122 valence electrons. The van der Waals surface area contributed by atoms with Crippen molar-refractivity contribution in [1.29, 1.82) is 0 Å². The molecule has 23 heavy (non-hydrogen) atoms. The van der Waals surface area contributed by atoms with Gasteiger partial charge in [-0.3, -0.25) is 19.4 Å². The molecule has 3 rings (SSSR count). The minimum absolute atomic E-state index is 0.0137. The summed E-state index contributed by atoms with van der Waals surface area (Å²) in [6.45, 7) is 3.47. The van der Waals surface area contributed by atoms with Crippen molar-refractivity contribution >= 4 is 11.8 Å². The van der Waals surface area contributed by atoms with E-state index in [4.69, 9.17) is 5.73 Å². The minimum Gasteiger partial charge on any atom is -0.365 e. The van der Waals surface area contributed by atoms with Gasteiger partial charge in [0, 0.05) is 30.9 Å². The largest absolute Gasteiger partial charge is 0.365 e. The molecule has 0 radical (unpaired) electrons. The average molecular weight is 316 g/mol. The van der Waals surface area contributed by atoms with Crippen LogP contribution in [0.15, 0.2) is 24.7 Å². The second-order valence-corrected chi connectivity index (χ2v) is 6.21. The van der Waals surface area contributed by atoms with E-state index in [0.29, 0.717) is 24.3 Å². The zero-order chi connectivity index (χ0) is 16.4. The van der Waals surface area contributed by atoms with Crippen molar-refractivity contribution < 1.29 is 9.59 Å². The van der Waals surface area contributed by atoms with Gasteiger partial charge in [0.2, 0.25) is 5.91 Å². The Balaban J connectivity index is 1.78. The van der Waals surface area contributed by atoms with Gasteiger partial charge in [0.05, 0.1) is 17.5 Å². The molecule has 0 aliphatic carbocycles. The van der Waals surface area contributed by atoms with Gasteiger partial charge in [0.25, 0.3) is 5.91 Å². The third kappa shape index (κ3) is 2.96. The number of aromatic nitrogens is 4. The van der Waals surface area contributed by atoms with Crippen molar-refractivity contribution in [2.24, 2.45) is 5.73 Å². The zero-order valence-electron chi connectivity index (χ0n) is 13.0. The average Bonchev–Trinajstić information content (AvgIpc) is 3.18. The number of likely N-dealkylation sites (tertiary alicyclic amines) is 1. The molecule has 2 aromatic rings. The molecule has 3 heterocycles. The summed E-state index contributed by atoms with van der Waals surface area (Å²) in [7, 11) is 0. The van der Waals surface area contributed by atoms with Crippen LogP contribution in [0.25, 0.3) is 0 Å². The van der Waals surface area contributed by atoms with Crippen molar-refractivity contribution in [2.45, 2.75) is 31.7 Å². The van der Waals surface area contributed by atoms with Gasteiger partial charge in [0.1, 0.15) is 6.54 Å². The predicted octanol–water partition coefficient (Wildman–Crippen LogP) is 0.285. The number of aromatic amines is 1. The summed E-state index contributed by atoms with van der Waals surface area (Å²) in [5.41, 5.74) is 6.16. The Hall–Kier alpha value is -2.64. The van der Waals surface area contributed by atoms with E-state index in [1.165, 1.54) is 6.20 Å². The molecule has 0 saturated carbocycles. The first-order chi connectivity index (χ1) is 11.0. The number of carbonyl (C=O) groups is 2.